The van der Waals surface area contributed by atoms with E-state index in [0.717, 1.165) is 10.8 Å². The number of nitrogens with one attached hydrogen (secondary N) is 2. The third-order valence-corrected chi connectivity index (χ3v) is 4.48. The summed E-state index contributed by atoms with van der Waals surface area (Å²) in [6, 6.07) is 17.5. The van der Waals surface area contributed by atoms with Gasteiger partial charge in [0.25, 0.3) is 11.8 Å². The van der Waals surface area contributed by atoms with Crippen LogP contribution in [0.3, 0.4) is 0 Å². The average molecular weight is 420 g/mol. The summed E-state index contributed by atoms with van der Waals surface area (Å²) in [7, 11) is 1.28. The largest absolute Gasteiger partial charge is 0.483 e. The van der Waals surface area contributed by atoms with Crippen LogP contribution in [0, 0.1) is 0 Å². The summed E-state index contributed by atoms with van der Waals surface area (Å²) < 4.78 is 10.5. The SMILES string of the molecule is COC(=O)c1ccccc1NC(=O)c1cc2ccccc2cc1OCC(=O)NC(C)C. The van der Waals surface area contributed by atoms with Crippen LogP contribution in [0.15, 0.2) is 60.7 Å². The van der Waals surface area contributed by atoms with Gasteiger partial charge in [0, 0.05) is 6.04 Å². The van der Waals surface area contributed by atoms with Crippen LogP contribution in [0.1, 0.15) is 34.6 Å². The van der Waals surface area contributed by atoms with E-state index in [4.69, 9.17) is 9.47 Å². The van der Waals surface area contributed by atoms with Gasteiger partial charge in [-0.1, -0.05) is 36.4 Å². The molecule has 0 saturated heterocycles. The van der Waals surface area contributed by atoms with Crippen molar-refractivity contribution in [3.63, 3.8) is 0 Å². The van der Waals surface area contributed by atoms with Gasteiger partial charge in [-0.15, -0.1) is 0 Å². The van der Waals surface area contributed by atoms with Crippen molar-refractivity contribution in [2.75, 3.05) is 19.0 Å². The lowest BCUT2D eigenvalue weighted by Crippen LogP contribution is -2.34. The number of esters is 1. The van der Waals surface area contributed by atoms with Crippen molar-refractivity contribution in [2.24, 2.45) is 0 Å². The van der Waals surface area contributed by atoms with Crippen molar-refractivity contribution >= 4 is 34.2 Å². The predicted molar refractivity (Wildman–Crippen MR) is 118 cm³/mol. The summed E-state index contributed by atoms with van der Waals surface area (Å²) in [6.45, 7) is 3.48. The minimum Gasteiger partial charge on any atom is -0.483 e. The number of para-hydroxylation sites is 1. The molecule has 3 rings (SSSR count). The lowest BCUT2D eigenvalue weighted by molar-refractivity contribution is -0.123. The van der Waals surface area contributed by atoms with Crippen LogP contribution in [0.25, 0.3) is 10.8 Å². The van der Waals surface area contributed by atoms with Crippen molar-refractivity contribution in [1.29, 1.82) is 0 Å². The van der Waals surface area contributed by atoms with E-state index in [1.165, 1.54) is 7.11 Å². The maximum absolute atomic E-state index is 13.1. The topological polar surface area (TPSA) is 93.7 Å². The second kappa shape index (κ2) is 9.75. The van der Waals surface area contributed by atoms with Crippen LogP contribution in [0.2, 0.25) is 0 Å². The van der Waals surface area contributed by atoms with E-state index in [1.807, 2.05) is 38.1 Å². The van der Waals surface area contributed by atoms with E-state index < -0.39 is 11.9 Å². The number of rotatable bonds is 7. The van der Waals surface area contributed by atoms with E-state index in [-0.39, 0.29) is 35.4 Å². The molecule has 3 aromatic rings. The summed E-state index contributed by atoms with van der Waals surface area (Å²) in [6.07, 6.45) is 0. The van der Waals surface area contributed by atoms with E-state index in [2.05, 4.69) is 10.6 Å². The van der Waals surface area contributed by atoms with Gasteiger partial charge in [0.05, 0.1) is 23.9 Å². The zero-order valence-corrected chi connectivity index (χ0v) is 17.6. The molecule has 7 nitrogen and oxygen atoms in total. The number of ether oxygens (including phenoxy) is 2. The Bertz CT molecular complexity index is 1120. The molecule has 0 atom stereocenters. The Hall–Kier alpha value is -3.87. The Morgan fingerprint density at radius 3 is 2.23 bits per heavy atom. The normalized spacial score (nSPS) is 10.6. The first kappa shape index (κ1) is 21.8. The summed E-state index contributed by atoms with van der Waals surface area (Å²) in [4.78, 5) is 37.2. The molecular formula is C24H24N2O5. The van der Waals surface area contributed by atoms with Crippen molar-refractivity contribution < 1.29 is 23.9 Å². The average Bonchev–Trinajstić information content (AvgIpc) is 2.76. The molecule has 160 valence electrons. The van der Waals surface area contributed by atoms with Crippen molar-refractivity contribution in [1.82, 2.24) is 5.32 Å². The zero-order valence-electron chi connectivity index (χ0n) is 17.6. The van der Waals surface area contributed by atoms with Crippen molar-refractivity contribution in [2.45, 2.75) is 19.9 Å². The highest BCUT2D eigenvalue weighted by Gasteiger charge is 2.19. The number of fused-ring (bicyclic) bond motifs is 1. The van der Waals surface area contributed by atoms with Gasteiger partial charge in [-0.3, -0.25) is 9.59 Å². The Kier molecular flexibility index (Phi) is 6.87. The number of hydrogen-bond acceptors (Lipinski definition) is 5. The highest BCUT2D eigenvalue weighted by molar-refractivity contribution is 6.11. The molecule has 0 aliphatic carbocycles. The Morgan fingerprint density at radius 1 is 0.903 bits per heavy atom. The number of anilines is 1. The van der Waals surface area contributed by atoms with E-state index >= 15 is 0 Å². The Balaban J connectivity index is 1.93. The number of carbonyl (C=O) groups is 3. The second-order valence-electron chi connectivity index (χ2n) is 7.20. The molecule has 3 aromatic carbocycles. The van der Waals surface area contributed by atoms with Crippen LogP contribution in [0.4, 0.5) is 5.69 Å². The number of carbonyl (C=O) groups excluding carboxylic acids is 3. The molecule has 0 unspecified atom stereocenters. The highest BCUT2D eigenvalue weighted by atomic mass is 16.5. The molecule has 0 spiro atoms. The fourth-order valence-electron chi connectivity index (χ4n) is 3.09. The molecule has 0 fully saturated rings. The number of amides is 2. The van der Waals surface area contributed by atoms with Gasteiger partial charge >= 0.3 is 5.97 Å². The summed E-state index contributed by atoms with van der Waals surface area (Å²) in [5.74, 6) is -1.05. The van der Waals surface area contributed by atoms with E-state index in [9.17, 15) is 14.4 Å². The Morgan fingerprint density at radius 2 is 1.55 bits per heavy atom. The number of hydrogen-bond donors (Lipinski definition) is 2. The molecule has 0 heterocycles. The lowest BCUT2D eigenvalue weighted by atomic mass is 10.0. The minimum atomic E-state index is -0.559. The second-order valence-corrected chi connectivity index (χ2v) is 7.20. The standard InChI is InChI=1S/C24H24N2O5/c1-15(2)25-22(27)14-31-21-13-17-9-5-4-8-16(17)12-19(21)23(28)26-20-11-7-6-10-18(20)24(29)30-3/h4-13,15H,14H2,1-3H3,(H,25,27)(H,26,28). The smallest absolute Gasteiger partial charge is 0.339 e. The maximum Gasteiger partial charge on any atom is 0.339 e. The van der Waals surface area contributed by atoms with Gasteiger partial charge in [-0.25, -0.2) is 4.79 Å². The molecule has 0 aliphatic heterocycles. The van der Waals surface area contributed by atoms with Crippen LogP contribution >= 0.6 is 0 Å². The highest BCUT2D eigenvalue weighted by Crippen LogP contribution is 2.28. The summed E-state index contributed by atoms with van der Waals surface area (Å²) >= 11 is 0. The molecule has 7 heteroatoms. The summed E-state index contributed by atoms with van der Waals surface area (Å²) in [5.41, 5.74) is 0.796. The first-order valence-electron chi connectivity index (χ1n) is 9.82. The molecule has 0 bridgehead atoms. The van der Waals surface area contributed by atoms with Crippen LogP contribution in [-0.4, -0.2) is 37.5 Å². The Labute approximate surface area is 180 Å². The van der Waals surface area contributed by atoms with Gasteiger partial charge in [0.15, 0.2) is 6.61 Å². The van der Waals surface area contributed by atoms with Gasteiger partial charge in [-0.2, -0.15) is 0 Å². The fraction of sp³-hybridized carbons (Fsp3) is 0.208. The van der Waals surface area contributed by atoms with E-state index in [1.54, 1.807) is 36.4 Å². The third kappa shape index (κ3) is 5.39. The van der Waals surface area contributed by atoms with Gasteiger partial charge in [0.1, 0.15) is 5.75 Å². The first-order valence-corrected chi connectivity index (χ1v) is 9.82. The molecular weight excluding hydrogens is 396 g/mol. The van der Waals surface area contributed by atoms with Gasteiger partial charge < -0.3 is 20.1 Å². The predicted octanol–water partition coefficient (Wildman–Crippen LogP) is 3.78. The van der Waals surface area contributed by atoms with Crippen LogP contribution < -0.4 is 15.4 Å². The summed E-state index contributed by atoms with van der Waals surface area (Å²) in [5, 5.41) is 7.21. The van der Waals surface area contributed by atoms with E-state index in [0.29, 0.717) is 5.69 Å². The van der Waals surface area contributed by atoms with Gasteiger partial charge in [-0.05, 0) is 48.9 Å². The molecule has 2 N–H and O–H groups in total. The number of benzene rings is 3. The van der Waals surface area contributed by atoms with Crippen LogP contribution in [0.5, 0.6) is 5.75 Å². The fourth-order valence-corrected chi connectivity index (χ4v) is 3.09. The van der Waals surface area contributed by atoms with Gasteiger partial charge in [0.2, 0.25) is 0 Å². The third-order valence-electron chi connectivity index (χ3n) is 4.48. The molecule has 31 heavy (non-hydrogen) atoms. The molecule has 0 saturated carbocycles. The van der Waals surface area contributed by atoms with Crippen molar-refractivity contribution in [3.05, 3.63) is 71.8 Å². The lowest BCUT2D eigenvalue weighted by Gasteiger charge is -2.15. The monoisotopic (exact) mass is 420 g/mol. The molecule has 0 aromatic heterocycles. The molecule has 2 amide bonds. The minimum absolute atomic E-state index is 0.0229. The number of methoxy groups -OCH3 is 1. The van der Waals surface area contributed by atoms with Crippen molar-refractivity contribution in [3.8, 4) is 5.75 Å². The van der Waals surface area contributed by atoms with Crippen LogP contribution in [-0.2, 0) is 9.53 Å². The zero-order chi connectivity index (χ0) is 22.4. The molecule has 0 aliphatic rings. The maximum atomic E-state index is 13.1. The first-order chi connectivity index (χ1) is 14.9. The quantitative estimate of drug-likeness (QED) is 0.568. The molecule has 0 radical (unpaired) electrons.